The number of carbonyl (C=O) groups is 1. The predicted octanol–water partition coefficient (Wildman–Crippen LogP) is 2.72. The van der Waals surface area contributed by atoms with Gasteiger partial charge in [-0.05, 0) is 31.2 Å². The Morgan fingerprint density at radius 2 is 2.11 bits per heavy atom. The van der Waals surface area contributed by atoms with Crippen molar-refractivity contribution in [1.29, 1.82) is 0 Å². The lowest BCUT2D eigenvalue weighted by Gasteiger charge is -2.03. The number of aryl methyl sites for hydroxylation is 1. The van der Waals surface area contributed by atoms with Gasteiger partial charge in [0.05, 0.1) is 6.20 Å². The zero-order valence-electron chi connectivity index (χ0n) is 9.94. The van der Waals surface area contributed by atoms with Gasteiger partial charge < -0.3 is 9.73 Å². The van der Waals surface area contributed by atoms with Crippen LogP contribution in [0.15, 0.2) is 39.4 Å². The molecule has 0 radical (unpaired) electrons. The first kappa shape index (κ1) is 12.8. The van der Waals surface area contributed by atoms with E-state index in [1.807, 2.05) is 19.1 Å². The number of carbonyl (C=O) groups excluding carboxylic acids is 1. The summed E-state index contributed by atoms with van der Waals surface area (Å²) in [4.78, 5) is 15.8. The van der Waals surface area contributed by atoms with Gasteiger partial charge in [-0.25, -0.2) is 4.98 Å². The van der Waals surface area contributed by atoms with E-state index in [0.29, 0.717) is 24.4 Å². The van der Waals surface area contributed by atoms with Crippen molar-refractivity contribution in [3.05, 3.63) is 52.1 Å². The van der Waals surface area contributed by atoms with Gasteiger partial charge in [0.2, 0.25) is 0 Å². The van der Waals surface area contributed by atoms with Crippen LogP contribution in [0.5, 0.6) is 0 Å². The maximum Gasteiger partial charge on any atom is 0.251 e. The predicted molar refractivity (Wildman–Crippen MR) is 71.4 cm³/mol. The lowest BCUT2D eigenvalue weighted by molar-refractivity contribution is 0.0953. The summed E-state index contributed by atoms with van der Waals surface area (Å²) in [6.07, 6.45) is 2.27. The minimum Gasteiger partial charge on any atom is -0.446 e. The molecule has 2 aromatic rings. The van der Waals surface area contributed by atoms with Crippen molar-refractivity contribution in [2.45, 2.75) is 13.3 Å². The molecule has 0 bridgehead atoms. The topological polar surface area (TPSA) is 55.1 Å². The number of benzene rings is 1. The molecule has 0 fully saturated rings. The maximum absolute atomic E-state index is 11.8. The van der Waals surface area contributed by atoms with Crippen LogP contribution in [0.2, 0.25) is 0 Å². The number of nitrogens with zero attached hydrogens (tertiary/aromatic N) is 1. The Hall–Kier alpha value is -1.62. The number of hydrogen-bond donors (Lipinski definition) is 1. The van der Waals surface area contributed by atoms with E-state index < -0.39 is 0 Å². The molecule has 0 aliphatic rings. The first-order chi connectivity index (χ1) is 8.65. The van der Waals surface area contributed by atoms with E-state index >= 15 is 0 Å². The Morgan fingerprint density at radius 3 is 2.72 bits per heavy atom. The summed E-state index contributed by atoms with van der Waals surface area (Å²) in [5.41, 5.74) is 0.641. The quantitative estimate of drug-likeness (QED) is 0.945. The maximum atomic E-state index is 11.8. The first-order valence-corrected chi connectivity index (χ1v) is 6.39. The lowest BCUT2D eigenvalue weighted by Crippen LogP contribution is -2.25. The smallest absolute Gasteiger partial charge is 0.251 e. The molecule has 0 saturated carbocycles. The summed E-state index contributed by atoms with van der Waals surface area (Å²) in [7, 11) is 0. The number of amides is 1. The van der Waals surface area contributed by atoms with Crippen LogP contribution in [0, 0.1) is 6.92 Å². The summed E-state index contributed by atoms with van der Waals surface area (Å²) in [5.74, 6) is 1.33. The van der Waals surface area contributed by atoms with Crippen LogP contribution in [0.1, 0.15) is 22.0 Å². The molecule has 5 heteroatoms. The number of halogens is 1. The van der Waals surface area contributed by atoms with Crippen LogP contribution in [0.4, 0.5) is 0 Å². The number of aromatic nitrogens is 1. The van der Waals surface area contributed by atoms with Gasteiger partial charge in [-0.3, -0.25) is 4.79 Å². The highest BCUT2D eigenvalue weighted by Crippen LogP contribution is 2.10. The molecule has 0 saturated heterocycles. The van der Waals surface area contributed by atoms with Crippen molar-refractivity contribution >= 4 is 21.8 Å². The fraction of sp³-hybridized carbons (Fsp3) is 0.231. The van der Waals surface area contributed by atoms with Gasteiger partial charge in [-0.2, -0.15) is 0 Å². The van der Waals surface area contributed by atoms with Crippen LogP contribution in [-0.2, 0) is 6.42 Å². The molecule has 0 unspecified atom stereocenters. The molecule has 4 nitrogen and oxygen atoms in total. The molecule has 1 N–H and O–H groups in total. The summed E-state index contributed by atoms with van der Waals surface area (Å²) in [6, 6.07) is 7.22. The average Bonchev–Trinajstić information content (AvgIpc) is 2.76. The Bertz CT molecular complexity index is 534. The standard InChI is InChI=1S/C13H13BrN2O2/c1-9-8-16-12(18-9)6-7-15-13(17)10-2-4-11(14)5-3-10/h2-5,8H,6-7H2,1H3,(H,15,17). The van der Waals surface area contributed by atoms with E-state index in [-0.39, 0.29) is 5.91 Å². The molecule has 94 valence electrons. The van der Waals surface area contributed by atoms with Gasteiger partial charge in [0.1, 0.15) is 5.76 Å². The molecule has 18 heavy (non-hydrogen) atoms. The second-order valence-electron chi connectivity index (χ2n) is 3.88. The Balaban J connectivity index is 1.83. The molecular weight excluding hydrogens is 296 g/mol. The zero-order valence-corrected chi connectivity index (χ0v) is 11.5. The molecule has 0 spiro atoms. The highest BCUT2D eigenvalue weighted by Gasteiger charge is 2.05. The van der Waals surface area contributed by atoms with Crippen molar-refractivity contribution < 1.29 is 9.21 Å². The SMILES string of the molecule is Cc1cnc(CCNC(=O)c2ccc(Br)cc2)o1. The van der Waals surface area contributed by atoms with Crippen molar-refractivity contribution in [3.63, 3.8) is 0 Å². The molecule has 0 aliphatic heterocycles. The van der Waals surface area contributed by atoms with Crippen LogP contribution in [-0.4, -0.2) is 17.4 Å². The highest BCUT2D eigenvalue weighted by atomic mass is 79.9. The number of oxazole rings is 1. The molecule has 1 amide bonds. The van der Waals surface area contributed by atoms with Crippen LogP contribution >= 0.6 is 15.9 Å². The minimum atomic E-state index is -0.0919. The normalized spacial score (nSPS) is 10.3. The van der Waals surface area contributed by atoms with E-state index in [9.17, 15) is 4.79 Å². The third-order valence-corrected chi connectivity index (χ3v) is 2.93. The number of nitrogens with one attached hydrogen (secondary N) is 1. The van der Waals surface area contributed by atoms with Gasteiger partial charge in [0.15, 0.2) is 5.89 Å². The lowest BCUT2D eigenvalue weighted by atomic mass is 10.2. The van der Waals surface area contributed by atoms with Crippen LogP contribution < -0.4 is 5.32 Å². The minimum absolute atomic E-state index is 0.0919. The van der Waals surface area contributed by atoms with Gasteiger partial charge >= 0.3 is 0 Å². The molecule has 1 aromatic heterocycles. The Labute approximate surface area is 114 Å². The van der Waals surface area contributed by atoms with Crippen molar-refractivity contribution in [2.24, 2.45) is 0 Å². The molecule has 0 aliphatic carbocycles. The highest BCUT2D eigenvalue weighted by molar-refractivity contribution is 9.10. The molecule has 1 heterocycles. The molecule has 1 aromatic carbocycles. The van der Waals surface area contributed by atoms with E-state index in [4.69, 9.17) is 4.42 Å². The Morgan fingerprint density at radius 1 is 1.39 bits per heavy atom. The first-order valence-electron chi connectivity index (χ1n) is 5.60. The fourth-order valence-corrected chi connectivity index (χ4v) is 1.77. The second kappa shape index (κ2) is 5.82. The largest absolute Gasteiger partial charge is 0.446 e. The summed E-state index contributed by atoms with van der Waals surface area (Å²) < 4.78 is 6.27. The van der Waals surface area contributed by atoms with Gasteiger partial charge in [0.25, 0.3) is 5.91 Å². The number of hydrogen-bond acceptors (Lipinski definition) is 3. The van der Waals surface area contributed by atoms with Crippen LogP contribution in [0.25, 0.3) is 0 Å². The Kier molecular flexibility index (Phi) is 4.15. The monoisotopic (exact) mass is 308 g/mol. The summed E-state index contributed by atoms with van der Waals surface area (Å²) in [5, 5.41) is 2.82. The second-order valence-corrected chi connectivity index (χ2v) is 4.79. The molecule has 2 rings (SSSR count). The van der Waals surface area contributed by atoms with Crippen molar-refractivity contribution in [2.75, 3.05) is 6.54 Å². The van der Waals surface area contributed by atoms with E-state index in [1.54, 1.807) is 18.3 Å². The zero-order chi connectivity index (χ0) is 13.0. The van der Waals surface area contributed by atoms with E-state index in [0.717, 1.165) is 10.2 Å². The van der Waals surface area contributed by atoms with Gasteiger partial charge in [-0.1, -0.05) is 15.9 Å². The number of rotatable bonds is 4. The van der Waals surface area contributed by atoms with E-state index in [1.165, 1.54) is 0 Å². The molecule has 0 atom stereocenters. The third-order valence-electron chi connectivity index (χ3n) is 2.40. The fourth-order valence-electron chi connectivity index (χ4n) is 1.50. The van der Waals surface area contributed by atoms with Gasteiger partial charge in [-0.15, -0.1) is 0 Å². The average molecular weight is 309 g/mol. The van der Waals surface area contributed by atoms with Gasteiger partial charge in [0, 0.05) is 23.0 Å². The van der Waals surface area contributed by atoms with E-state index in [2.05, 4.69) is 26.2 Å². The molecular formula is C13H13BrN2O2. The van der Waals surface area contributed by atoms with Crippen molar-refractivity contribution in [1.82, 2.24) is 10.3 Å². The third kappa shape index (κ3) is 3.43. The summed E-state index contributed by atoms with van der Waals surface area (Å²) >= 11 is 3.33. The van der Waals surface area contributed by atoms with Crippen molar-refractivity contribution in [3.8, 4) is 0 Å². The summed E-state index contributed by atoms with van der Waals surface area (Å²) in [6.45, 7) is 2.35. The van der Waals surface area contributed by atoms with Crippen LogP contribution in [0.3, 0.4) is 0 Å².